The second-order valence-electron chi connectivity index (χ2n) is 8.61. The third-order valence-electron chi connectivity index (χ3n) is 6.18. The average molecular weight is 457 g/mol. The van der Waals surface area contributed by atoms with Crippen molar-refractivity contribution in [3.8, 4) is 5.69 Å². The van der Waals surface area contributed by atoms with Gasteiger partial charge in [0.1, 0.15) is 16.7 Å². The SMILES string of the molecule is CC1CCN(c2ccc(C(=O)Nc3ccc4nn(-c5ccccc5)nc4c3)cc2[N+](=O)[O-])CC1. The fourth-order valence-corrected chi connectivity index (χ4v) is 4.20. The quantitative estimate of drug-likeness (QED) is 0.341. The first-order chi connectivity index (χ1) is 16.5. The van der Waals surface area contributed by atoms with Crippen molar-refractivity contribution < 1.29 is 9.72 Å². The number of hydrogen-bond acceptors (Lipinski definition) is 6. The van der Waals surface area contributed by atoms with E-state index in [4.69, 9.17) is 0 Å². The minimum atomic E-state index is -0.420. The Kier molecular flexibility index (Phi) is 5.67. The van der Waals surface area contributed by atoms with Crippen LogP contribution in [0.1, 0.15) is 30.1 Å². The maximum absolute atomic E-state index is 12.9. The molecule has 0 atom stereocenters. The molecule has 1 aliphatic rings. The Morgan fingerprint density at radius 3 is 2.47 bits per heavy atom. The zero-order valence-corrected chi connectivity index (χ0v) is 18.7. The van der Waals surface area contributed by atoms with Crippen LogP contribution in [0.4, 0.5) is 17.1 Å². The summed E-state index contributed by atoms with van der Waals surface area (Å²) < 4.78 is 0. The lowest BCUT2D eigenvalue weighted by atomic mass is 9.98. The van der Waals surface area contributed by atoms with E-state index in [-0.39, 0.29) is 11.3 Å². The van der Waals surface area contributed by atoms with Crippen molar-refractivity contribution in [1.82, 2.24) is 15.0 Å². The van der Waals surface area contributed by atoms with E-state index in [1.165, 1.54) is 6.07 Å². The molecule has 0 bridgehead atoms. The second-order valence-corrected chi connectivity index (χ2v) is 8.61. The molecule has 0 spiro atoms. The number of hydrogen-bond donors (Lipinski definition) is 1. The number of rotatable bonds is 5. The summed E-state index contributed by atoms with van der Waals surface area (Å²) in [5.41, 5.74) is 3.43. The number of nitro benzene ring substituents is 1. The van der Waals surface area contributed by atoms with Crippen molar-refractivity contribution in [2.24, 2.45) is 5.92 Å². The number of fused-ring (bicyclic) bond motifs is 1. The van der Waals surface area contributed by atoms with Crippen molar-refractivity contribution in [3.63, 3.8) is 0 Å². The molecule has 1 saturated heterocycles. The molecule has 1 aliphatic heterocycles. The fraction of sp³-hybridized carbons (Fsp3) is 0.240. The summed E-state index contributed by atoms with van der Waals surface area (Å²) in [5.74, 6) is 0.198. The van der Waals surface area contributed by atoms with Crippen molar-refractivity contribution in [2.45, 2.75) is 19.8 Å². The molecule has 4 aromatic rings. The Morgan fingerprint density at radius 1 is 1.00 bits per heavy atom. The molecule has 0 saturated carbocycles. The van der Waals surface area contributed by atoms with Gasteiger partial charge in [-0.15, -0.1) is 10.2 Å². The van der Waals surface area contributed by atoms with Crippen LogP contribution in [0.15, 0.2) is 66.7 Å². The molecule has 3 aromatic carbocycles. The van der Waals surface area contributed by atoms with E-state index in [1.807, 2.05) is 35.2 Å². The highest BCUT2D eigenvalue weighted by molar-refractivity contribution is 6.05. The van der Waals surface area contributed by atoms with Gasteiger partial charge in [0.2, 0.25) is 0 Å². The number of aromatic nitrogens is 3. The number of carbonyl (C=O) groups is 1. The molecule has 1 fully saturated rings. The summed E-state index contributed by atoms with van der Waals surface area (Å²) in [5, 5.41) is 23.5. The smallest absolute Gasteiger partial charge is 0.293 e. The molecule has 5 rings (SSSR count). The zero-order chi connectivity index (χ0) is 23.7. The number of amides is 1. The number of para-hydroxylation sites is 1. The molecule has 9 heteroatoms. The van der Waals surface area contributed by atoms with Crippen molar-refractivity contribution in [1.29, 1.82) is 0 Å². The standard InChI is InChI=1S/C25H24N6O3/c1-17-11-13-29(14-12-17)23-10-7-18(15-24(23)31(33)34)25(32)26-19-8-9-21-22(16-19)28-30(27-21)20-5-3-2-4-6-20/h2-10,15-17H,11-14H2,1H3,(H,26,32). The zero-order valence-electron chi connectivity index (χ0n) is 18.7. The number of nitrogens with zero attached hydrogens (tertiary/aromatic N) is 5. The molecule has 1 amide bonds. The predicted molar refractivity (Wildman–Crippen MR) is 131 cm³/mol. The Balaban J connectivity index is 1.37. The van der Waals surface area contributed by atoms with E-state index < -0.39 is 10.8 Å². The lowest BCUT2D eigenvalue weighted by Crippen LogP contribution is -2.33. The van der Waals surface area contributed by atoms with Gasteiger partial charge in [0, 0.05) is 30.4 Å². The second kappa shape index (κ2) is 8.93. The van der Waals surface area contributed by atoms with Crippen molar-refractivity contribution in [3.05, 3.63) is 82.4 Å². The Hall–Kier alpha value is -4.27. The lowest BCUT2D eigenvalue weighted by Gasteiger charge is -2.31. The summed E-state index contributed by atoms with van der Waals surface area (Å²) >= 11 is 0. The van der Waals surface area contributed by atoms with Gasteiger partial charge in [0.05, 0.1) is 10.6 Å². The van der Waals surface area contributed by atoms with Crippen LogP contribution in [0.2, 0.25) is 0 Å². The summed E-state index contributed by atoms with van der Waals surface area (Å²) in [6.07, 6.45) is 1.99. The summed E-state index contributed by atoms with van der Waals surface area (Å²) in [6, 6.07) is 19.5. The van der Waals surface area contributed by atoms with Gasteiger partial charge in [0.15, 0.2) is 0 Å². The van der Waals surface area contributed by atoms with Gasteiger partial charge in [-0.05, 0) is 61.2 Å². The van der Waals surface area contributed by atoms with E-state index in [1.54, 1.807) is 35.1 Å². The van der Waals surface area contributed by atoms with Gasteiger partial charge in [-0.2, -0.15) is 4.80 Å². The highest BCUT2D eigenvalue weighted by atomic mass is 16.6. The molecule has 0 unspecified atom stereocenters. The van der Waals surface area contributed by atoms with E-state index in [0.717, 1.165) is 31.6 Å². The van der Waals surface area contributed by atoms with Crippen molar-refractivity contribution in [2.75, 3.05) is 23.3 Å². The molecule has 2 heterocycles. The van der Waals surface area contributed by atoms with Crippen LogP contribution in [0.3, 0.4) is 0 Å². The van der Waals surface area contributed by atoms with Crippen LogP contribution >= 0.6 is 0 Å². The number of benzene rings is 3. The molecule has 172 valence electrons. The van der Waals surface area contributed by atoms with E-state index >= 15 is 0 Å². The topological polar surface area (TPSA) is 106 Å². The maximum atomic E-state index is 12.9. The van der Waals surface area contributed by atoms with Crippen LogP contribution in [0.25, 0.3) is 16.7 Å². The number of carbonyl (C=O) groups excluding carboxylic acids is 1. The van der Waals surface area contributed by atoms with Crippen LogP contribution in [-0.2, 0) is 0 Å². The highest BCUT2D eigenvalue weighted by Crippen LogP contribution is 2.32. The minimum absolute atomic E-state index is 0.0524. The Bertz CT molecular complexity index is 1360. The average Bonchev–Trinajstić information content (AvgIpc) is 3.28. The summed E-state index contributed by atoms with van der Waals surface area (Å²) in [4.78, 5) is 27.8. The van der Waals surface area contributed by atoms with Gasteiger partial charge in [-0.1, -0.05) is 25.1 Å². The van der Waals surface area contributed by atoms with Gasteiger partial charge < -0.3 is 10.2 Å². The van der Waals surface area contributed by atoms with Crippen LogP contribution in [0.5, 0.6) is 0 Å². The van der Waals surface area contributed by atoms with Crippen LogP contribution < -0.4 is 10.2 Å². The number of nitrogens with one attached hydrogen (secondary N) is 1. The molecule has 0 aliphatic carbocycles. The number of anilines is 2. The third-order valence-corrected chi connectivity index (χ3v) is 6.18. The fourth-order valence-electron chi connectivity index (χ4n) is 4.20. The highest BCUT2D eigenvalue weighted by Gasteiger charge is 2.25. The summed E-state index contributed by atoms with van der Waals surface area (Å²) in [7, 11) is 0. The number of piperidine rings is 1. The van der Waals surface area contributed by atoms with Gasteiger partial charge in [-0.3, -0.25) is 14.9 Å². The van der Waals surface area contributed by atoms with Gasteiger partial charge in [0.25, 0.3) is 11.6 Å². The lowest BCUT2D eigenvalue weighted by molar-refractivity contribution is -0.384. The minimum Gasteiger partial charge on any atom is -0.366 e. The summed E-state index contributed by atoms with van der Waals surface area (Å²) in [6.45, 7) is 3.74. The van der Waals surface area contributed by atoms with Crippen molar-refractivity contribution >= 4 is 34.0 Å². The molecule has 9 nitrogen and oxygen atoms in total. The molecule has 1 N–H and O–H groups in total. The van der Waals surface area contributed by atoms with Gasteiger partial charge >= 0.3 is 0 Å². The predicted octanol–water partition coefficient (Wildman–Crippen LogP) is 4.82. The molecule has 1 aromatic heterocycles. The maximum Gasteiger partial charge on any atom is 0.293 e. The third kappa shape index (κ3) is 4.32. The van der Waals surface area contributed by atoms with Crippen LogP contribution in [-0.4, -0.2) is 38.9 Å². The molecular formula is C25H24N6O3. The molecular weight excluding hydrogens is 432 g/mol. The number of nitro groups is 1. The first-order valence-electron chi connectivity index (χ1n) is 11.3. The normalized spacial score (nSPS) is 14.3. The van der Waals surface area contributed by atoms with Crippen LogP contribution in [0, 0.1) is 16.0 Å². The first kappa shape index (κ1) is 21.6. The van der Waals surface area contributed by atoms with E-state index in [0.29, 0.717) is 28.3 Å². The largest absolute Gasteiger partial charge is 0.366 e. The Labute approximate surface area is 196 Å². The Morgan fingerprint density at radius 2 is 1.74 bits per heavy atom. The molecule has 0 radical (unpaired) electrons. The van der Waals surface area contributed by atoms with E-state index in [9.17, 15) is 14.9 Å². The molecule has 34 heavy (non-hydrogen) atoms. The van der Waals surface area contributed by atoms with E-state index in [2.05, 4.69) is 22.4 Å². The van der Waals surface area contributed by atoms with Gasteiger partial charge in [-0.25, -0.2) is 0 Å². The monoisotopic (exact) mass is 456 g/mol. The first-order valence-corrected chi connectivity index (χ1v) is 11.3.